The lowest BCUT2D eigenvalue weighted by atomic mass is 9.92. The van der Waals surface area contributed by atoms with Gasteiger partial charge in [0, 0.05) is 13.1 Å². The SMILES string of the molecule is CCOC(=O)c1c(NC(=O)CN2CC(C)CC(C)C2)oc(C)c1C(C)=O. The number of furan rings is 1. The Morgan fingerprint density at radius 3 is 2.35 bits per heavy atom. The molecule has 1 aliphatic heterocycles. The fourth-order valence-electron chi connectivity index (χ4n) is 3.75. The predicted octanol–water partition coefficient (Wildman–Crippen LogP) is 2.88. The van der Waals surface area contributed by atoms with E-state index in [0.717, 1.165) is 19.5 Å². The summed E-state index contributed by atoms with van der Waals surface area (Å²) in [7, 11) is 0. The fourth-order valence-corrected chi connectivity index (χ4v) is 3.75. The first kappa shape index (κ1) is 20.2. The number of carbonyl (C=O) groups excluding carboxylic acids is 3. The van der Waals surface area contributed by atoms with Crippen molar-refractivity contribution in [3.05, 3.63) is 16.9 Å². The number of nitrogens with one attached hydrogen (secondary N) is 1. The Kier molecular flexibility index (Phi) is 6.58. The Bertz CT molecular complexity index is 684. The Morgan fingerprint density at radius 2 is 1.81 bits per heavy atom. The van der Waals surface area contributed by atoms with Crippen LogP contribution in [0.4, 0.5) is 5.88 Å². The maximum absolute atomic E-state index is 12.5. The van der Waals surface area contributed by atoms with Crippen LogP contribution in [0.3, 0.4) is 0 Å². The van der Waals surface area contributed by atoms with E-state index in [-0.39, 0.29) is 47.6 Å². The van der Waals surface area contributed by atoms with Gasteiger partial charge in [-0.05, 0) is 39.0 Å². The van der Waals surface area contributed by atoms with E-state index in [1.807, 2.05) is 0 Å². The Labute approximate surface area is 154 Å². The van der Waals surface area contributed by atoms with Gasteiger partial charge in [-0.1, -0.05) is 13.8 Å². The largest absolute Gasteiger partial charge is 0.462 e. The number of esters is 1. The van der Waals surface area contributed by atoms with Crippen LogP contribution >= 0.6 is 0 Å². The van der Waals surface area contributed by atoms with Gasteiger partial charge in [0.15, 0.2) is 5.78 Å². The molecule has 144 valence electrons. The van der Waals surface area contributed by atoms with E-state index in [0.29, 0.717) is 11.8 Å². The van der Waals surface area contributed by atoms with Gasteiger partial charge in [0.25, 0.3) is 0 Å². The number of amides is 1. The van der Waals surface area contributed by atoms with Crippen LogP contribution in [0.2, 0.25) is 0 Å². The summed E-state index contributed by atoms with van der Waals surface area (Å²) in [6, 6.07) is 0. The Hall–Kier alpha value is -2.15. The number of hydrogen-bond donors (Lipinski definition) is 1. The highest BCUT2D eigenvalue weighted by Gasteiger charge is 2.29. The number of hydrogen-bond acceptors (Lipinski definition) is 6. The number of ether oxygens (including phenoxy) is 1. The molecule has 0 aromatic carbocycles. The first-order chi connectivity index (χ1) is 12.2. The monoisotopic (exact) mass is 364 g/mol. The fraction of sp³-hybridized carbons (Fsp3) is 0.632. The van der Waals surface area contributed by atoms with Gasteiger partial charge in [-0.15, -0.1) is 0 Å². The van der Waals surface area contributed by atoms with E-state index < -0.39 is 5.97 Å². The van der Waals surface area contributed by atoms with Gasteiger partial charge in [-0.25, -0.2) is 4.79 Å². The van der Waals surface area contributed by atoms with E-state index in [4.69, 9.17) is 9.15 Å². The van der Waals surface area contributed by atoms with E-state index in [1.54, 1.807) is 13.8 Å². The van der Waals surface area contributed by atoms with Crippen molar-refractivity contribution in [2.45, 2.75) is 41.0 Å². The smallest absolute Gasteiger partial charge is 0.344 e. The number of aryl methyl sites for hydroxylation is 1. The number of rotatable bonds is 6. The number of anilines is 1. The van der Waals surface area contributed by atoms with Crippen molar-refractivity contribution < 1.29 is 23.5 Å². The zero-order valence-electron chi connectivity index (χ0n) is 16.2. The minimum atomic E-state index is -0.676. The second-order valence-electron chi connectivity index (χ2n) is 7.20. The second kappa shape index (κ2) is 8.49. The van der Waals surface area contributed by atoms with Crippen molar-refractivity contribution in [1.82, 2.24) is 4.90 Å². The summed E-state index contributed by atoms with van der Waals surface area (Å²) in [6.07, 6.45) is 1.16. The number of Topliss-reactive ketones (excluding diaryl/α,β-unsaturated/α-hetero) is 1. The molecule has 1 aliphatic rings. The lowest BCUT2D eigenvalue weighted by Gasteiger charge is -2.34. The van der Waals surface area contributed by atoms with Crippen molar-refractivity contribution in [2.24, 2.45) is 11.8 Å². The summed E-state index contributed by atoms with van der Waals surface area (Å²) in [5, 5.41) is 2.64. The average Bonchev–Trinajstić information content (AvgIpc) is 2.82. The molecule has 1 aromatic heterocycles. The maximum atomic E-state index is 12.5. The lowest BCUT2D eigenvalue weighted by Crippen LogP contribution is -2.42. The number of nitrogens with zero attached hydrogens (tertiary/aromatic N) is 1. The quantitative estimate of drug-likeness (QED) is 0.617. The molecule has 1 saturated heterocycles. The normalized spacial score (nSPS) is 20.7. The first-order valence-electron chi connectivity index (χ1n) is 9.06. The van der Waals surface area contributed by atoms with Crippen LogP contribution in [-0.4, -0.2) is 48.8 Å². The highest BCUT2D eigenvalue weighted by molar-refractivity contribution is 6.10. The highest BCUT2D eigenvalue weighted by Crippen LogP contribution is 2.29. The van der Waals surface area contributed by atoms with E-state index >= 15 is 0 Å². The molecular weight excluding hydrogens is 336 g/mol. The molecule has 1 N–H and O–H groups in total. The van der Waals surface area contributed by atoms with E-state index in [9.17, 15) is 14.4 Å². The predicted molar refractivity (Wildman–Crippen MR) is 97.4 cm³/mol. The number of likely N-dealkylation sites (tertiary alicyclic amines) is 1. The van der Waals surface area contributed by atoms with Gasteiger partial charge in [0.2, 0.25) is 11.8 Å². The summed E-state index contributed by atoms with van der Waals surface area (Å²) in [6.45, 7) is 11.1. The molecular formula is C19H28N2O5. The van der Waals surface area contributed by atoms with Gasteiger partial charge < -0.3 is 9.15 Å². The number of piperidine rings is 1. The van der Waals surface area contributed by atoms with E-state index in [1.165, 1.54) is 6.92 Å². The summed E-state index contributed by atoms with van der Waals surface area (Å²) in [5.41, 5.74) is 0.143. The lowest BCUT2D eigenvalue weighted by molar-refractivity contribution is -0.118. The van der Waals surface area contributed by atoms with Crippen LogP contribution < -0.4 is 5.32 Å². The molecule has 2 atom stereocenters. The minimum Gasteiger partial charge on any atom is -0.462 e. The van der Waals surface area contributed by atoms with Crippen molar-refractivity contribution in [2.75, 3.05) is 31.6 Å². The molecule has 1 aromatic rings. The number of ketones is 1. The third-order valence-corrected chi connectivity index (χ3v) is 4.48. The van der Waals surface area contributed by atoms with Crippen molar-refractivity contribution in [1.29, 1.82) is 0 Å². The number of carbonyl (C=O) groups is 3. The van der Waals surface area contributed by atoms with Gasteiger partial charge >= 0.3 is 5.97 Å². The molecule has 26 heavy (non-hydrogen) atoms. The van der Waals surface area contributed by atoms with Crippen LogP contribution in [0.15, 0.2) is 4.42 Å². The van der Waals surface area contributed by atoms with Gasteiger partial charge in [-0.2, -0.15) is 0 Å². The summed E-state index contributed by atoms with van der Waals surface area (Å²) in [4.78, 5) is 38.7. The molecule has 2 rings (SSSR count). The van der Waals surface area contributed by atoms with Crippen LogP contribution in [-0.2, 0) is 9.53 Å². The van der Waals surface area contributed by atoms with Crippen molar-refractivity contribution in [3.8, 4) is 0 Å². The third-order valence-electron chi connectivity index (χ3n) is 4.48. The molecule has 0 saturated carbocycles. The molecule has 0 radical (unpaired) electrons. The molecule has 2 unspecified atom stereocenters. The molecule has 0 aliphatic carbocycles. The van der Waals surface area contributed by atoms with Crippen molar-refractivity contribution in [3.63, 3.8) is 0 Å². The van der Waals surface area contributed by atoms with E-state index in [2.05, 4.69) is 24.1 Å². The standard InChI is InChI=1S/C19H28N2O5/c1-6-25-19(24)17-16(13(4)22)14(5)26-18(17)20-15(23)10-21-8-11(2)7-12(3)9-21/h11-12H,6-10H2,1-5H3,(H,20,23). The van der Waals surface area contributed by atoms with Crippen molar-refractivity contribution >= 4 is 23.5 Å². The van der Waals surface area contributed by atoms with Gasteiger partial charge in [-0.3, -0.25) is 19.8 Å². The summed E-state index contributed by atoms with van der Waals surface area (Å²) >= 11 is 0. The topological polar surface area (TPSA) is 88.8 Å². The second-order valence-corrected chi connectivity index (χ2v) is 7.20. The molecule has 0 spiro atoms. The minimum absolute atomic E-state index is 0.00872. The zero-order valence-corrected chi connectivity index (χ0v) is 16.2. The average molecular weight is 364 g/mol. The Balaban J connectivity index is 2.17. The summed E-state index contributed by atoms with van der Waals surface area (Å²) < 4.78 is 10.5. The molecule has 1 amide bonds. The van der Waals surface area contributed by atoms with Crippen LogP contribution in [0.1, 0.15) is 60.6 Å². The highest BCUT2D eigenvalue weighted by atomic mass is 16.5. The molecule has 1 fully saturated rings. The zero-order chi connectivity index (χ0) is 19.4. The third kappa shape index (κ3) is 4.72. The van der Waals surface area contributed by atoms with Gasteiger partial charge in [0.05, 0.1) is 18.7 Å². The Morgan fingerprint density at radius 1 is 1.19 bits per heavy atom. The molecule has 0 bridgehead atoms. The van der Waals surface area contributed by atoms with Crippen LogP contribution in [0, 0.1) is 18.8 Å². The van der Waals surface area contributed by atoms with Crippen LogP contribution in [0.5, 0.6) is 0 Å². The molecule has 2 heterocycles. The molecule has 7 heteroatoms. The summed E-state index contributed by atoms with van der Waals surface area (Å²) in [5.74, 6) is 0.0817. The molecule has 7 nitrogen and oxygen atoms in total. The first-order valence-corrected chi connectivity index (χ1v) is 9.06. The van der Waals surface area contributed by atoms with Crippen LogP contribution in [0.25, 0.3) is 0 Å². The maximum Gasteiger partial charge on any atom is 0.344 e. The van der Waals surface area contributed by atoms with Gasteiger partial charge in [0.1, 0.15) is 11.3 Å².